The lowest BCUT2D eigenvalue weighted by molar-refractivity contribution is 0.0955. The molecule has 4 nitrogen and oxygen atoms in total. The van der Waals surface area contributed by atoms with Crippen LogP contribution in [0.2, 0.25) is 0 Å². The maximum atomic E-state index is 12.2. The number of benzene rings is 2. The molecule has 1 atom stereocenters. The Morgan fingerprint density at radius 3 is 2.63 bits per heavy atom. The molecule has 1 heterocycles. The molecule has 2 aromatic rings. The Balaban J connectivity index is 1.75. The predicted octanol–water partition coefficient (Wildman–Crippen LogP) is 4.87. The number of amides is 1. The quantitative estimate of drug-likeness (QED) is 0.622. The van der Waals surface area contributed by atoms with E-state index in [1.807, 2.05) is 31.2 Å². The number of rotatable bonds is 4. The zero-order chi connectivity index (χ0) is 19.6. The predicted molar refractivity (Wildman–Crippen MR) is 113 cm³/mol. The van der Waals surface area contributed by atoms with Gasteiger partial charge in [-0.05, 0) is 75.4 Å². The first-order chi connectivity index (χ1) is 12.8. The summed E-state index contributed by atoms with van der Waals surface area (Å²) in [5, 5.41) is 4.14. The largest absolute Gasteiger partial charge is 0.366 e. The summed E-state index contributed by atoms with van der Waals surface area (Å²) in [6.45, 7) is 12.1. The molecule has 142 valence electrons. The molecule has 0 bridgehead atoms. The van der Waals surface area contributed by atoms with Crippen LogP contribution < -0.4 is 10.3 Å². The molecule has 0 unspecified atom stereocenters. The molecule has 4 heteroatoms. The van der Waals surface area contributed by atoms with Gasteiger partial charge in [0.1, 0.15) is 0 Å². The highest BCUT2D eigenvalue weighted by atomic mass is 16.2. The summed E-state index contributed by atoms with van der Waals surface area (Å²) >= 11 is 0. The number of nitrogens with zero attached hydrogens (tertiary/aromatic N) is 2. The minimum atomic E-state index is -0.198. The first kappa shape index (κ1) is 19.2. The van der Waals surface area contributed by atoms with Gasteiger partial charge in [0.05, 0.1) is 6.21 Å². The summed E-state index contributed by atoms with van der Waals surface area (Å²) in [5.74, 6) is 0.296. The van der Waals surface area contributed by atoms with Crippen molar-refractivity contribution in [1.29, 1.82) is 0 Å². The summed E-state index contributed by atoms with van der Waals surface area (Å²) in [7, 11) is 0. The molecule has 0 saturated heterocycles. The molecule has 0 aromatic heterocycles. The van der Waals surface area contributed by atoms with E-state index in [1.165, 1.54) is 11.3 Å². The van der Waals surface area contributed by atoms with Gasteiger partial charge in [0.25, 0.3) is 5.91 Å². The fourth-order valence-electron chi connectivity index (χ4n) is 4.12. The van der Waals surface area contributed by atoms with Crippen LogP contribution in [0.15, 0.2) is 47.6 Å². The highest BCUT2D eigenvalue weighted by Crippen LogP contribution is 2.43. The van der Waals surface area contributed by atoms with Crippen molar-refractivity contribution >= 4 is 17.8 Å². The zero-order valence-electron chi connectivity index (χ0n) is 16.9. The number of carbonyl (C=O) groups excluding carboxylic acids is 1. The number of fused-ring (bicyclic) bond motifs is 1. The van der Waals surface area contributed by atoms with E-state index in [1.54, 1.807) is 6.21 Å². The van der Waals surface area contributed by atoms with Crippen LogP contribution in [0.4, 0.5) is 5.69 Å². The molecule has 27 heavy (non-hydrogen) atoms. The summed E-state index contributed by atoms with van der Waals surface area (Å²) in [6.07, 6.45) is 2.84. The Morgan fingerprint density at radius 2 is 1.96 bits per heavy atom. The third-order valence-corrected chi connectivity index (χ3v) is 5.42. The van der Waals surface area contributed by atoms with Gasteiger partial charge in [-0.3, -0.25) is 4.79 Å². The van der Waals surface area contributed by atoms with E-state index in [0.717, 1.165) is 24.1 Å². The summed E-state index contributed by atoms with van der Waals surface area (Å²) in [5.41, 5.74) is 8.17. The highest BCUT2D eigenvalue weighted by molar-refractivity contribution is 5.95. The number of hydrogen-bond acceptors (Lipinski definition) is 3. The monoisotopic (exact) mass is 363 g/mol. The van der Waals surface area contributed by atoms with Crippen LogP contribution in [0.25, 0.3) is 0 Å². The standard InChI is InChI=1S/C23H29N3O/c1-6-26-21-12-9-18(13-20(21)17(3)14-23(26,4)5)15-24-25-22(27)19-10-7-16(2)8-11-19/h7-13,15,17H,6,14H2,1-5H3,(H,25,27)/b24-15-/t17-/m1/s1. The topological polar surface area (TPSA) is 44.7 Å². The molecule has 1 aliphatic rings. The number of carbonyl (C=O) groups is 1. The zero-order valence-corrected chi connectivity index (χ0v) is 16.9. The van der Waals surface area contributed by atoms with E-state index >= 15 is 0 Å². The molecule has 3 rings (SSSR count). The summed E-state index contributed by atoms with van der Waals surface area (Å²) < 4.78 is 0. The van der Waals surface area contributed by atoms with Crippen molar-refractivity contribution in [2.24, 2.45) is 5.10 Å². The van der Waals surface area contributed by atoms with Crippen LogP contribution >= 0.6 is 0 Å². The Kier molecular flexibility index (Phi) is 5.36. The number of anilines is 1. The first-order valence-corrected chi connectivity index (χ1v) is 9.63. The lowest BCUT2D eigenvalue weighted by Crippen LogP contribution is -2.48. The van der Waals surface area contributed by atoms with Gasteiger partial charge in [-0.25, -0.2) is 5.43 Å². The second kappa shape index (κ2) is 7.55. The Labute approximate surface area is 162 Å². The lowest BCUT2D eigenvalue weighted by atomic mass is 9.79. The molecule has 0 spiro atoms. The number of nitrogens with one attached hydrogen (secondary N) is 1. The van der Waals surface area contributed by atoms with Crippen molar-refractivity contribution in [3.05, 3.63) is 64.7 Å². The van der Waals surface area contributed by atoms with E-state index in [9.17, 15) is 4.79 Å². The summed E-state index contributed by atoms with van der Waals surface area (Å²) in [6, 6.07) is 13.9. The van der Waals surface area contributed by atoms with Crippen molar-refractivity contribution in [1.82, 2.24) is 5.43 Å². The second-order valence-electron chi connectivity index (χ2n) is 8.05. The van der Waals surface area contributed by atoms with Crippen molar-refractivity contribution < 1.29 is 4.79 Å². The number of aryl methyl sites for hydroxylation is 1. The van der Waals surface area contributed by atoms with E-state index in [-0.39, 0.29) is 11.4 Å². The second-order valence-corrected chi connectivity index (χ2v) is 8.05. The Bertz CT molecular complexity index is 852. The van der Waals surface area contributed by atoms with Gasteiger partial charge in [-0.15, -0.1) is 0 Å². The molecule has 1 N–H and O–H groups in total. The van der Waals surface area contributed by atoms with Gasteiger partial charge in [0, 0.05) is 23.3 Å². The van der Waals surface area contributed by atoms with Crippen LogP contribution in [-0.4, -0.2) is 24.2 Å². The van der Waals surface area contributed by atoms with Crippen LogP contribution in [0.3, 0.4) is 0 Å². The Morgan fingerprint density at radius 1 is 1.26 bits per heavy atom. The average molecular weight is 364 g/mol. The third-order valence-electron chi connectivity index (χ3n) is 5.42. The number of hydrazone groups is 1. The Hall–Kier alpha value is -2.62. The van der Waals surface area contributed by atoms with Crippen molar-refractivity contribution in [3.8, 4) is 0 Å². The van der Waals surface area contributed by atoms with Crippen LogP contribution in [0.1, 0.15) is 67.1 Å². The van der Waals surface area contributed by atoms with E-state index < -0.39 is 0 Å². The first-order valence-electron chi connectivity index (χ1n) is 9.63. The number of hydrogen-bond donors (Lipinski definition) is 1. The van der Waals surface area contributed by atoms with Gasteiger partial charge in [0.15, 0.2) is 0 Å². The normalized spacial score (nSPS) is 18.4. The average Bonchev–Trinajstić information content (AvgIpc) is 2.62. The molecule has 2 aromatic carbocycles. The highest BCUT2D eigenvalue weighted by Gasteiger charge is 2.35. The molecule has 0 saturated carbocycles. The van der Waals surface area contributed by atoms with Gasteiger partial charge in [-0.2, -0.15) is 5.10 Å². The fourth-order valence-corrected chi connectivity index (χ4v) is 4.12. The van der Waals surface area contributed by atoms with E-state index in [4.69, 9.17) is 0 Å². The maximum Gasteiger partial charge on any atom is 0.271 e. The van der Waals surface area contributed by atoms with Crippen molar-refractivity contribution in [2.45, 2.75) is 52.5 Å². The molecule has 0 radical (unpaired) electrons. The molecule has 0 fully saturated rings. The van der Waals surface area contributed by atoms with Gasteiger partial charge in [0.2, 0.25) is 0 Å². The van der Waals surface area contributed by atoms with Gasteiger partial charge >= 0.3 is 0 Å². The molecule has 1 aliphatic heterocycles. The van der Waals surface area contributed by atoms with Crippen LogP contribution in [0, 0.1) is 6.92 Å². The van der Waals surface area contributed by atoms with Gasteiger partial charge in [-0.1, -0.05) is 30.7 Å². The molecular formula is C23H29N3O. The third kappa shape index (κ3) is 4.05. The summed E-state index contributed by atoms with van der Waals surface area (Å²) in [4.78, 5) is 14.6. The lowest BCUT2D eigenvalue weighted by Gasteiger charge is -2.47. The SMILES string of the molecule is CCN1c2ccc(/C=N\NC(=O)c3ccc(C)cc3)cc2[C@H](C)CC1(C)C. The fraction of sp³-hybridized carbons (Fsp3) is 0.391. The molecular weight excluding hydrogens is 334 g/mol. The van der Waals surface area contributed by atoms with Crippen molar-refractivity contribution in [3.63, 3.8) is 0 Å². The van der Waals surface area contributed by atoms with E-state index in [2.05, 4.69) is 61.3 Å². The molecule has 1 amide bonds. The van der Waals surface area contributed by atoms with Crippen LogP contribution in [0.5, 0.6) is 0 Å². The smallest absolute Gasteiger partial charge is 0.271 e. The minimum absolute atomic E-state index is 0.165. The minimum Gasteiger partial charge on any atom is -0.366 e. The molecule has 0 aliphatic carbocycles. The van der Waals surface area contributed by atoms with E-state index in [0.29, 0.717) is 11.5 Å². The van der Waals surface area contributed by atoms with Gasteiger partial charge < -0.3 is 4.90 Å². The van der Waals surface area contributed by atoms with Crippen LogP contribution in [-0.2, 0) is 0 Å². The van der Waals surface area contributed by atoms with Crippen molar-refractivity contribution in [2.75, 3.05) is 11.4 Å². The maximum absolute atomic E-state index is 12.2.